The third kappa shape index (κ3) is 7.71. The van der Waals surface area contributed by atoms with Crippen molar-refractivity contribution in [3.8, 4) is 17.2 Å². The van der Waals surface area contributed by atoms with Gasteiger partial charge in [-0.3, -0.25) is 9.59 Å². The first-order chi connectivity index (χ1) is 20.8. The Morgan fingerprint density at radius 3 is 1.65 bits per heavy atom. The van der Waals surface area contributed by atoms with Gasteiger partial charge in [0.25, 0.3) is 0 Å². The highest BCUT2D eigenvalue weighted by Crippen LogP contribution is 2.32. The van der Waals surface area contributed by atoms with Gasteiger partial charge >= 0.3 is 17.9 Å². The van der Waals surface area contributed by atoms with Crippen molar-refractivity contribution in [3.63, 3.8) is 0 Å². The molecule has 0 unspecified atom stereocenters. The third-order valence-corrected chi connectivity index (χ3v) is 6.45. The zero-order chi connectivity index (χ0) is 30.2. The molecule has 0 atom stereocenters. The van der Waals surface area contributed by atoms with Crippen LogP contribution in [-0.4, -0.2) is 17.9 Å². The van der Waals surface area contributed by atoms with Gasteiger partial charge in [-0.25, -0.2) is 4.79 Å². The first kappa shape index (κ1) is 28.8. The van der Waals surface area contributed by atoms with Crippen LogP contribution in [0.25, 0.3) is 35.1 Å². The van der Waals surface area contributed by atoms with Crippen LogP contribution in [0.15, 0.2) is 109 Å². The van der Waals surface area contributed by atoms with Crippen LogP contribution in [0.2, 0.25) is 0 Å². The molecule has 0 bridgehead atoms. The molecule has 0 aliphatic carbocycles. The molecule has 0 saturated heterocycles. The van der Waals surface area contributed by atoms with Crippen LogP contribution < -0.4 is 14.2 Å². The van der Waals surface area contributed by atoms with E-state index < -0.39 is 5.97 Å². The van der Waals surface area contributed by atoms with Crippen LogP contribution in [0.3, 0.4) is 0 Å². The van der Waals surface area contributed by atoms with Crippen molar-refractivity contribution in [2.24, 2.45) is 0 Å². The summed E-state index contributed by atoms with van der Waals surface area (Å²) in [6.45, 7) is 2.73. The van der Waals surface area contributed by atoms with Gasteiger partial charge in [0.15, 0.2) is 0 Å². The highest BCUT2D eigenvalue weighted by molar-refractivity contribution is 5.99. The number of carbonyl (C=O) groups is 3. The van der Waals surface area contributed by atoms with Crippen molar-refractivity contribution >= 4 is 53.0 Å². The van der Waals surface area contributed by atoms with Crippen LogP contribution in [0.1, 0.15) is 46.5 Å². The lowest BCUT2D eigenvalue weighted by atomic mass is 9.99. The van der Waals surface area contributed by atoms with Crippen LogP contribution >= 0.6 is 0 Å². The van der Waals surface area contributed by atoms with E-state index in [2.05, 4.69) is 6.07 Å². The monoisotopic (exact) mass is 568 g/mol. The number of rotatable bonds is 8. The Bertz CT molecular complexity index is 1830. The van der Waals surface area contributed by atoms with Gasteiger partial charge in [0, 0.05) is 19.4 Å². The molecule has 0 amide bonds. The zero-order valence-corrected chi connectivity index (χ0v) is 23.7. The van der Waals surface area contributed by atoms with Crippen molar-refractivity contribution in [2.45, 2.75) is 13.8 Å². The van der Waals surface area contributed by atoms with Crippen molar-refractivity contribution in [2.75, 3.05) is 0 Å². The molecule has 0 saturated carbocycles. The summed E-state index contributed by atoms with van der Waals surface area (Å²) in [6.07, 6.45) is 7.81. The highest BCUT2D eigenvalue weighted by atomic mass is 16.5. The Balaban J connectivity index is 1.46. The lowest BCUT2D eigenvalue weighted by Crippen LogP contribution is -2.09. The van der Waals surface area contributed by atoms with Crippen molar-refractivity contribution < 1.29 is 28.6 Å². The molecule has 6 heteroatoms. The molecular weight excluding hydrogens is 540 g/mol. The fraction of sp³-hybridized carbons (Fsp3) is 0.0541. The Kier molecular flexibility index (Phi) is 8.88. The molecule has 5 rings (SSSR count). The summed E-state index contributed by atoms with van der Waals surface area (Å²) in [5.74, 6) is 0.220. The number of fused-ring (bicyclic) bond motifs is 1. The average Bonchev–Trinajstić information content (AvgIpc) is 3.00. The summed E-state index contributed by atoms with van der Waals surface area (Å²) in [5.41, 5.74) is 4.04. The number of carbonyl (C=O) groups excluding carboxylic acids is 3. The summed E-state index contributed by atoms with van der Waals surface area (Å²) in [6, 6.07) is 33.1. The molecule has 0 fully saturated rings. The Hall–Kier alpha value is -5.75. The van der Waals surface area contributed by atoms with Gasteiger partial charge < -0.3 is 14.2 Å². The topological polar surface area (TPSA) is 78.9 Å². The molecule has 43 heavy (non-hydrogen) atoms. The fourth-order valence-electron chi connectivity index (χ4n) is 4.45. The summed E-state index contributed by atoms with van der Waals surface area (Å²) in [5, 5.41) is 1.88. The van der Waals surface area contributed by atoms with Gasteiger partial charge in [-0.2, -0.15) is 0 Å². The van der Waals surface area contributed by atoms with Gasteiger partial charge in [-0.15, -0.1) is 0 Å². The molecule has 212 valence electrons. The second-order valence-corrected chi connectivity index (χ2v) is 9.71. The molecular formula is C37H28O6. The molecule has 0 heterocycles. The van der Waals surface area contributed by atoms with E-state index in [1.165, 1.54) is 13.8 Å². The smallest absolute Gasteiger partial charge is 0.343 e. The van der Waals surface area contributed by atoms with Crippen LogP contribution in [0.5, 0.6) is 17.2 Å². The lowest BCUT2D eigenvalue weighted by Gasteiger charge is -2.12. The molecule has 0 aromatic heterocycles. The van der Waals surface area contributed by atoms with Crippen LogP contribution in [-0.2, 0) is 9.59 Å². The lowest BCUT2D eigenvalue weighted by molar-refractivity contribution is -0.132. The zero-order valence-electron chi connectivity index (χ0n) is 23.7. The number of hydrogen-bond donors (Lipinski definition) is 0. The van der Waals surface area contributed by atoms with E-state index in [9.17, 15) is 14.4 Å². The minimum atomic E-state index is -0.445. The Morgan fingerprint density at radius 1 is 0.535 bits per heavy atom. The van der Waals surface area contributed by atoms with Crippen LogP contribution in [0.4, 0.5) is 0 Å². The Morgan fingerprint density at radius 2 is 1.07 bits per heavy atom. The summed E-state index contributed by atoms with van der Waals surface area (Å²) < 4.78 is 16.1. The summed E-state index contributed by atoms with van der Waals surface area (Å²) in [7, 11) is 0. The molecule has 0 aliphatic heterocycles. The summed E-state index contributed by atoms with van der Waals surface area (Å²) >= 11 is 0. The number of benzene rings is 5. The van der Waals surface area contributed by atoms with Crippen LogP contribution in [0, 0.1) is 0 Å². The molecule has 0 spiro atoms. The predicted octanol–water partition coefficient (Wildman–Crippen LogP) is 8.25. The van der Waals surface area contributed by atoms with E-state index in [4.69, 9.17) is 14.2 Å². The van der Waals surface area contributed by atoms with E-state index in [1.807, 2.05) is 72.8 Å². The number of hydrogen-bond acceptors (Lipinski definition) is 6. The van der Waals surface area contributed by atoms with Crippen molar-refractivity contribution in [1.29, 1.82) is 0 Å². The SMILES string of the molecule is CC(=O)Oc1ccc(/C=C/c2ccc3c(/C=C/c4ccc(OC(C)=O)cc4)c(OC(=O)c4ccccc4)ccc3c2)cc1. The number of esters is 3. The third-order valence-electron chi connectivity index (χ3n) is 6.45. The molecule has 6 nitrogen and oxygen atoms in total. The molecule has 5 aromatic rings. The van der Waals surface area contributed by atoms with Gasteiger partial charge in [0.1, 0.15) is 17.2 Å². The van der Waals surface area contributed by atoms with Crippen molar-refractivity contribution in [1.82, 2.24) is 0 Å². The second-order valence-electron chi connectivity index (χ2n) is 9.71. The molecule has 0 N–H and O–H groups in total. The average molecular weight is 569 g/mol. The molecule has 0 radical (unpaired) electrons. The number of ether oxygens (including phenoxy) is 3. The van der Waals surface area contributed by atoms with E-state index in [0.717, 1.165) is 33.0 Å². The van der Waals surface area contributed by atoms with E-state index in [0.29, 0.717) is 22.8 Å². The molecule has 0 aliphatic rings. The second kappa shape index (κ2) is 13.3. The van der Waals surface area contributed by atoms with E-state index in [-0.39, 0.29) is 11.9 Å². The van der Waals surface area contributed by atoms with Gasteiger partial charge in [-0.1, -0.05) is 85.0 Å². The maximum atomic E-state index is 12.9. The first-order valence-electron chi connectivity index (χ1n) is 13.6. The minimum absolute atomic E-state index is 0.358. The maximum absolute atomic E-state index is 12.9. The fourth-order valence-corrected chi connectivity index (χ4v) is 4.45. The summed E-state index contributed by atoms with van der Waals surface area (Å²) in [4.78, 5) is 35.3. The van der Waals surface area contributed by atoms with E-state index in [1.54, 1.807) is 54.6 Å². The minimum Gasteiger partial charge on any atom is -0.427 e. The molecule has 5 aromatic carbocycles. The largest absolute Gasteiger partial charge is 0.427 e. The highest BCUT2D eigenvalue weighted by Gasteiger charge is 2.13. The van der Waals surface area contributed by atoms with Gasteiger partial charge in [0.05, 0.1) is 5.56 Å². The standard InChI is InChI=1S/C37H28O6/c1-25(38)41-32-17-10-27(11-18-32)8-9-29-15-21-34-31(24-29)16-23-36(43-37(40)30-6-4-3-5-7-30)35(34)22-14-28-12-19-33(20-13-28)42-26(2)39/h3-24H,1-2H3/b9-8+,22-14+. The van der Waals surface area contributed by atoms with E-state index >= 15 is 0 Å². The Labute approximate surface area is 249 Å². The van der Waals surface area contributed by atoms with Crippen molar-refractivity contribution in [3.05, 3.63) is 137 Å². The first-order valence-corrected chi connectivity index (χ1v) is 13.6. The van der Waals surface area contributed by atoms with Gasteiger partial charge in [-0.05, 0) is 76.0 Å². The normalized spacial score (nSPS) is 11.1. The quantitative estimate of drug-likeness (QED) is 0.107. The maximum Gasteiger partial charge on any atom is 0.343 e. The predicted molar refractivity (Wildman–Crippen MR) is 169 cm³/mol. The van der Waals surface area contributed by atoms with Gasteiger partial charge in [0.2, 0.25) is 0 Å².